The van der Waals surface area contributed by atoms with E-state index in [0.717, 1.165) is 10.1 Å². The number of hydrogen-bond donors (Lipinski definition) is 4. The van der Waals surface area contributed by atoms with E-state index in [1.165, 1.54) is 24.3 Å². The first-order valence-corrected chi connectivity index (χ1v) is 13.1. The zero-order valence-electron chi connectivity index (χ0n) is 22.0. The molecule has 0 aliphatic heterocycles. The number of hydroxylamine groups is 1. The van der Waals surface area contributed by atoms with Crippen molar-refractivity contribution in [3.8, 4) is 0 Å². The number of carbonyl (C=O) groups excluding carboxylic acids is 2. The van der Waals surface area contributed by atoms with Crippen LogP contribution in [0.4, 0.5) is 5.69 Å². The lowest BCUT2D eigenvalue weighted by atomic mass is 9.98. The summed E-state index contributed by atoms with van der Waals surface area (Å²) in [6.45, 7) is 7.99. The number of ether oxygens (including phenoxy) is 1. The van der Waals surface area contributed by atoms with Crippen LogP contribution in [0.5, 0.6) is 0 Å². The predicted molar refractivity (Wildman–Crippen MR) is 142 cm³/mol. The first-order valence-electron chi connectivity index (χ1n) is 11.6. The molecule has 14 heteroatoms. The van der Waals surface area contributed by atoms with Gasteiger partial charge in [0, 0.05) is 12.2 Å². The van der Waals surface area contributed by atoms with Crippen LogP contribution in [-0.2, 0) is 35.7 Å². The van der Waals surface area contributed by atoms with Gasteiger partial charge in [-0.05, 0) is 64.4 Å². The normalized spacial score (nSPS) is 12.1. The van der Waals surface area contributed by atoms with Crippen molar-refractivity contribution in [3.63, 3.8) is 0 Å². The molecule has 0 atom stereocenters. The number of amides is 1. The van der Waals surface area contributed by atoms with Gasteiger partial charge >= 0.3 is 5.97 Å². The number of benzene rings is 1. The molecule has 0 bridgehead atoms. The van der Waals surface area contributed by atoms with Crippen molar-refractivity contribution >= 4 is 33.5 Å². The molecule has 0 fully saturated rings. The van der Waals surface area contributed by atoms with Crippen LogP contribution >= 0.6 is 0 Å². The minimum absolute atomic E-state index is 0.00789. The summed E-state index contributed by atoms with van der Waals surface area (Å²) < 4.78 is 33.8. The summed E-state index contributed by atoms with van der Waals surface area (Å²) >= 11 is 0. The monoisotopic (exact) mass is 550 g/mol. The van der Waals surface area contributed by atoms with Crippen molar-refractivity contribution in [2.75, 3.05) is 24.6 Å². The average Bonchev–Trinajstić information content (AvgIpc) is 2.82. The Balaban J connectivity index is 1.87. The third-order valence-corrected chi connectivity index (χ3v) is 6.35. The van der Waals surface area contributed by atoms with Crippen LogP contribution < -0.4 is 26.8 Å². The number of esters is 1. The number of pyridine rings is 1. The van der Waals surface area contributed by atoms with E-state index < -0.39 is 32.9 Å². The second-order valence-electron chi connectivity index (χ2n) is 9.36. The van der Waals surface area contributed by atoms with E-state index in [2.05, 4.69) is 20.5 Å². The maximum Gasteiger partial charge on any atom is 0.313 e. The van der Waals surface area contributed by atoms with Gasteiger partial charge in [0.05, 0.1) is 16.9 Å². The quantitative estimate of drug-likeness (QED) is 0.103. The Morgan fingerprint density at radius 2 is 1.84 bits per heavy atom. The number of hydrogen-bond acceptors (Lipinski definition) is 8. The Kier molecular flexibility index (Phi) is 10.4. The molecule has 0 aliphatic rings. The largest absolute Gasteiger partial charge is 0.442 e. The number of carbonyl (C=O) groups is 2. The number of nitrogens with zero attached hydrogens (tertiary/aromatic N) is 2. The van der Waals surface area contributed by atoms with Gasteiger partial charge in [-0.25, -0.2) is 18.9 Å². The minimum atomic E-state index is -3.99. The number of nitrogens with one attached hydrogen (secondary N) is 3. The molecular weight excluding hydrogens is 516 g/mol. The van der Waals surface area contributed by atoms with Crippen molar-refractivity contribution in [2.24, 2.45) is 16.1 Å². The lowest BCUT2D eigenvalue weighted by Crippen LogP contribution is -2.38. The van der Waals surface area contributed by atoms with Crippen molar-refractivity contribution in [1.82, 2.24) is 15.4 Å². The Morgan fingerprint density at radius 1 is 1.13 bits per heavy atom. The fourth-order valence-corrected chi connectivity index (χ4v) is 4.07. The van der Waals surface area contributed by atoms with Gasteiger partial charge in [-0.3, -0.25) is 23.9 Å². The van der Waals surface area contributed by atoms with Crippen LogP contribution in [0.15, 0.2) is 51.1 Å². The molecule has 2 rings (SSSR count). The van der Waals surface area contributed by atoms with Crippen LogP contribution in [0.1, 0.15) is 32.0 Å². The summed E-state index contributed by atoms with van der Waals surface area (Å²) in [7, 11) is -3.99. The molecule has 0 radical (unpaired) electrons. The van der Waals surface area contributed by atoms with Gasteiger partial charge in [-0.2, -0.15) is 0 Å². The molecule has 1 amide bonds. The predicted octanol–water partition coefficient (Wildman–Crippen LogP) is 0.765. The van der Waals surface area contributed by atoms with E-state index in [4.69, 9.17) is 15.3 Å². The number of sulfonamides is 1. The van der Waals surface area contributed by atoms with Gasteiger partial charge in [0.25, 0.3) is 15.6 Å². The molecule has 0 saturated heterocycles. The highest BCUT2D eigenvalue weighted by Gasteiger charge is 2.22. The van der Waals surface area contributed by atoms with Crippen molar-refractivity contribution < 1.29 is 27.6 Å². The fraction of sp³-hybridized carbons (Fsp3) is 0.417. The lowest BCUT2D eigenvalue weighted by Gasteiger charge is -2.15. The summed E-state index contributed by atoms with van der Waals surface area (Å²) in [5, 5.41) is 2.58. The molecule has 0 unspecified atom stereocenters. The maximum atomic E-state index is 12.9. The number of aliphatic imine (C=N–C) groups is 1. The summed E-state index contributed by atoms with van der Waals surface area (Å²) in [5.41, 5.74) is 7.66. The van der Waals surface area contributed by atoms with Crippen molar-refractivity contribution in [2.45, 2.75) is 46.1 Å². The van der Waals surface area contributed by atoms with E-state index >= 15 is 0 Å². The zero-order valence-corrected chi connectivity index (χ0v) is 22.8. The Hall–Kier alpha value is -3.91. The number of anilines is 1. The number of rotatable bonds is 11. The van der Waals surface area contributed by atoms with E-state index in [-0.39, 0.29) is 43.0 Å². The molecular formula is C24H34N6O7S. The zero-order chi connectivity index (χ0) is 28.5. The molecule has 38 heavy (non-hydrogen) atoms. The fourth-order valence-electron chi connectivity index (χ4n) is 2.91. The summed E-state index contributed by atoms with van der Waals surface area (Å²) in [5.74, 6) is -1.04. The molecule has 0 spiro atoms. The first-order chi connectivity index (χ1) is 17.7. The van der Waals surface area contributed by atoms with E-state index in [9.17, 15) is 22.8 Å². The molecule has 208 valence electrons. The Morgan fingerprint density at radius 3 is 2.50 bits per heavy atom. The van der Waals surface area contributed by atoms with Crippen LogP contribution in [0.3, 0.4) is 0 Å². The highest BCUT2D eigenvalue weighted by Crippen LogP contribution is 2.16. The van der Waals surface area contributed by atoms with E-state index in [0.29, 0.717) is 5.69 Å². The van der Waals surface area contributed by atoms with Crippen LogP contribution in [-0.4, -0.2) is 50.7 Å². The summed E-state index contributed by atoms with van der Waals surface area (Å²) in [6, 6.07) is 9.17. The van der Waals surface area contributed by atoms with Gasteiger partial charge in [-0.15, -0.1) is 0 Å². The molecule has 2 aromatic rings. The summed E-state index contributed by atoms with van der Waals surface area (Å²) in [6.07, 6.45) is 0. The van der Waals surface area contributed by atoms with Crippen molar-refractivity contribution in [3.05, 3.63) is 58.0 Å². The van der Waals surface area contributed by atoms with E-state index in [1.54, 1.807) is 46.8 Å². The Bertz CT molecular complexity index is 1350. The number of aromatic nitrogens is 1. The Labute approximate surface area is 221 Å². The molecule has 1 heterocycles. The summed E-state index contributed by atoms with van der Waals surface area (Å²) in [4.78, 5) is 45.8. The van der Waals surface area contributed by atoms with Crippen LogP contribution in [0, 0.1) is 19.3 Å². The third-order valence-electron chi connectivity index (χ3n) is 4.98. The second kappa shape index (κ2) is 13.1. The second-order valence-corrected chi connectivity index (χ2v) is 11.0. The van der Waals surface area contributed by atoms with Gasteiger partial charge in [0.2, 0.25) is 11.9 Å². The molecule has 0 saturated carbocycles. The molecule has 0 aliphatic carbocycles. The standard InChI is InChI=1S/C24H34N6O7S/c1-16-7-6-8-18(13-16)38(34,35)29-19-10-9-17(2)30(21(19)32)14-20(31)26-11-12-37-28-23(25)27-15-36-22(33)24(3,4)5/h6-10,13,29H,11-12,14-15H2,1-5H3,(H,26,31)(H3,25,27,28). The number of nitrogens with two attached hydrogens (primary N) is 1. The van der Waals surface area contributed by atoms with Crippen LogP contribution in [0.25, 0.3) is 0 Å². The topological polar surface area (TPSA) is 183 Å². The van der Waals surface area contributed by atoms with Gasteiger partial charge < -0.3 is 20.4 Å². The smallest absolute Gasteiger partial charge is 0.313 e. The molecule has 5 N–H and O–H groups in total. The van der Waals surface area contributed by atoms with Gasteiger partial charge in [0.1, 0.15) is 12.2 Å². The van der Waals surface area contributed by atoms with Crippen molar-refractivity contribution in [1.29, 1.82) is 0 Å². The van der Waals surface area contributed by atoms with Crippen LogP contribution in [0.2, 0.25) is 0 Å². The van der Waals surface area contributed by atoms with Gasteiger partial charge in [0.15, 0.2) is 6.73 Å². The van der Waals surface area contributed by atoms with E-state index in [1.807, 2.05) is 0 Å². The number of aryl methyl sites for hydroxylation is 2. The molecule has 13 nitrogen and oxygen atoms in total. The highest BCUT2D eigenvalue weighted by atomic mass is 32.2. The lowest BCUT2D eigenvalue weighted by molar-refractivity contribution is -0.152. The molecule has 1 aromatic carbocycles. The third kappa shape index (κ3) is 9.19. The first kappa shape index (κ1) is 30.3. The average molecular weight is 551 g/mol. The van der Waals surface area contributed by atoms with Gasteiger partial charge in [-0.1, -0.05) is 12.1 Å². The SMILES string of the molecule is Cc1cccc(S(=O)(=O)Nc2ccc(C)n(CC(=O)NCCON/C(N)=N\COC(=O)C(C)(C)C)c2=O)c1. The maximum absolute atomic E-state index is 12.9. The number of guanidine groups is 1. The highest BCUT2D eigenvalue weighted by molar-refractivity contribution is 7.92. The minimum Gasteiger partial charge on any atom is -0.442 e. The molecule has 1 aromatic heterocycles.